The summed E-state index contributed by atoms with van der Waals surface area (Å²) in [5, 5.41) is 0. The smallest absolute Gasteiger partial charge is 0.244 e. The van der Waals surface area contributed by atoms with Gasteiger partial charge < -0.3 is 10.3 Å². The number of aromatic nitrogens is 1. The number of nitrogens with two attached hydrogens (primary N) is 1. The Hall–Kier alpha value is -0.850. The molecule has 1 aliphatic carbocycles. The molecule has 1 aliphatic heterocycles. The van der Waals surface area contributed by atoms with Crippen molar-refractivity contribution in [1.29, 1.82) is 0 Å². The molecule has 2 aliphatic rings. The molecule has 0 unspecified atom stereocenters. The Morgan fingerprint density at radius 1 is 1.28 bits per heavy atom. The van der Waals surface area contributed by atoms with E-state index in [1.165, 1.54) is 0 Å². The van der Waals surface area contributed by atoms with Gasteiger partial charge in [-0.15, -0.1) is 0 Å². The molecule has 1 saturated heterocycles. The zero-order chi connectivity index (χ0) is 12.8. The number of nitrogens with zero attached hydrogens (tertiary/aromatic N) is 2. The molecule has 100 valence electrons. The maximum absolute atomic E-state index is 12.4. The Balaban J connectivity index is 1.95. The Kier molecular flexibility index (Phi) is 2.96. The van der Waals surface area contributed by atoms with Crippen LogP contribution in [-0.4, -0.2) is 30.4 Å². The second kappa shape index (κ2) is 4.36. The van der Waals surface area contributed by atoms with Crippen molar-refractivity contribution < 1.29 is 8.42 Å². The molecular formula is C12H19N3O2S. The molecule has 5 nitrogen and oxygen atoms in total. The van der Waals surface area contributed by atoms with Gasteiger partial charge in [0, 0.05) is 37.6 Å². The number of rotatable bonds is 4. The van der Waals surface area contributed by atoms with E-state index in [2.05, 4.69) is 0 Å². The first-order valence-corrected chi connectivity index (χ1v) is 7.98. The van der Waals surface area contributed by atoms with Crippen LogP contribution in [0.15, 0.2) is 17.2 Å². The van der Waals surface area contributed by atoms with Gasteiger partial charge in [0.1, 0.15) is 4.90 Å². The van der Waals surface area contributed by atoms with Crippen LogP contribution in [0.4, 0.5) is 0 Å². The third-order valence-electron chi connectivity index (χ3n) is 3.76. The lowest BCUT2D eigenvalue weighted by atomic mass is 10.4. The highest BCUT2D eigenvalue weighted by Gasteiger charge is 2.31. The summed E-state index contributed by atoms with van der Waals surface area (Å²) in [6, 6.07) is 2.21. The number of sulfonamides is 1. The molecule has 1 aromatic rings. The molecule has 0 radical (unpaired) electrons. The second-order valence-corrected chi connectivity index (χ2v) is 7.06. The molecule has 3 rings (SSSR count). The third kappa shape index (κ3) is 1.98. The summed E-state index contributed by atoms with van der Waals surface area (Å²) < 4.78 is 28.5. The van der Waals surface area contributed by atoms with Crippen molar-refractivity contribution in [2.24, 2.45) is 5.73 Å². The highest BCUT2D eigenvalue weighted by atomic mass is 32.2. The first-order chi connectivity index (χ1) is 8.63. The predicted octanol–water partition coefficient (Wildman–Crippen LogP) is 1.07. The molecule has 6 heteroatoms. The topological polar surface area (TPSA) is 68.3 Å². The lowest BCUT2D eigenvalue weighted by Gasteiger charge is -2.13. The summed E-state index contributed by atoms with van der Waals surface area (Å²) in [4.78, 5) is 0.414. The summed E-state index contributed by atoms with van der Waals surface area (Å²) in [5.41, 5.74) is 6.62. The molecule has 2 N–H and O–H groups in total. The summed E-state index contributed by atoms with van der Waals surface area (Å²) >= 11 is 0. The van der Waals surface area contributed by atoms with Gasteiger partial charge >= 0.3 is 0 Å². The first kappa shape index (κ1) is 12.2. The van der Waals surface area contributed by atoms with Crippen molar-refractivity contribution in [3.05, 3.63) is 18.0 Å². The fourth-order valence-corrected chi connectivity index (χ4v) is 4.14. The minimum Gasteiger partial charge on any atom is -0.346 e. The quantitative estimate of drug-likeness (QED) is 0.889. The van der Waals surface area contributed by atoms with Gasteiger partial charge in [0.15, 0.2) is 0 Å². The van der Waals surface area contributed by atoms with Crippen LogP contribution in [-0.2, 0) is 16.6 Å². The van der Waals surface area contributed by atoms with E-state index in [1.54, 1.807) is 16.6 Å². The molecule has 0 spiro atoms. The van der Waals surface area contributed by atoms with Crippen molar-refractivity contribution in [2.75, 3.05) is 13.1 Å². The van der Waals surface area contributed by atoms with E-state index in [-0.39, 0.29) is 0 Å². The molecular weight excluding hydrogens is 250 g/mol. The molecule has 0 amide bonds. The highest BCUT2D eigenvalue weighted by Crippen LogP contribution is 2.37. The van der Waals surface area contributed by atoms with Crippen LogP contribution < -0.4 is 5.73 Å². The summed E-state index contributed by atoms with van der Waals surface area (Å²) in [6.45, 7) is 1.69. The summed E-state index contributed by atoms with van der Waals surface area (Å²) in [6.07, 6.45) is 5.96. The highest BCUT2D eigenvalue weighted by molar-refractivity contribution is 7.89. The first-order valence-electron chi connectivity index (χ1n) is 6.54. The minimum atomic E-state index is -3.30. The van der Waals surface area contributed by atoms with Crippen LogP contribution in [0.1, 0.15) is 37.4 Å². The Morgan fingerprint density at radius 2 is 1.94 bits per heavy atom. The van der Waals surface area contributed by atoms with E-state index in [9.17, 15) is 8.42 Å². The third-order valence-corrected chi connectivity index (χ3v) is 5.62. The monoisotopic (exact) mass is 269 g/mol. The maximum Gasteiger partial charge on any atom is 0.244 e. The average molecular weight is 269 g/mol. The van der Waals surface area contributed by atoms with Crippen molar-refractivity contribution in [2.45, 2.75) is 43.2 Å². The number of hydrogen-bond donors (Lipinski definition) is 1. The zero-order valence-corrected chi connectivity index (χ0v) is 11.2. The number of hydrogen-bond acceptors (Lipinski definition) is 3. The fraction of sp³-hybridized carbons (Fsp3) is 0.667. The molecule has 1 aromatic heterocycles. The van der Waals surface area contributed by atoms with Crippen LogP contribution in [0.5, 0.6) is 0 Å². The van der Waals surface area contributed by atoms with Crippen LogP contribution in [0.25, 0.3) is 0 Å². The molecule has 2 heterocycles. The van der Waals surface area contributed by atoms with Gasteiger partial charge in [-0.25, -0.2) is 8.42 Å². The standard InChI is InChI=1S/C12H19N3O2S/c13-8-11-7-12(9-15(11)10-3-4-10)18(16,17)14-5-1-2-6-14/h7,9-10H,1-6,8,13H2. The Bertz CT molecular complexity index is 540. The Morgan fingerprint density at radius 3 is 2.50 bits per heavy atom. The lowest BCUT2D eigenvalue weighted by molar-refractivity contribution is 0.477. The molecule has 18 heavy (non-hydrogen) atoms. The van der Waals surface area contributed by atoms with Crippen LogP contribution in [0.2, 0.25) is 0 Å². The van der Waals surface area contributed by atoms with E-state index in [0.717, 1.165) is 31.4 Å². The largest absolute Gasteiger partial charge is 0.346 e. The van der Waals surface area contributed by atoms with E-state index < -0.39 is 10.0 Å². The van der Waals surface area contributed by atoms with Crippen molar-refractivity contribution in [3.63, 3.8) is 0 Å². The van der Waals surface area contributed by atoms with Crippen LogP contribution in [0.3, 0.4) is 0 Å². The molecule has 2 fully saturated rings. The van der Waals surface area contributed by atoms with Gasteiger partial charge in [-0.3, -0.25) is 0 Å². The van der Waals surface area contributed by atoms with E-state index in [4.69, 9.17) is 5.73 Å². The van der Waals surface area contributed by atoms with Gasteiger partial charge in [-0.05, 0) is 31.7 Å². The van der Waals surface area contributed by atoms with E-state index in [1.807, 2.05) is 4.57 Å². The van der Waals surface area contributed by atoms with Crippen molar-refractivity contribution in [1.82, 2.24) is 8.87 Å². The van der Waals surface area contributed by atoms with Crippen LogP contribution >= 0.6 is 0 Å². The summed E-state index contributed by atoms with van der Waals surface area (Å²) in [7, 11) is -3.30. The molecule has 0 bridgehead atoms. The maximum atomic E-state index is 12.4. The molecule has 1 saturated carbocycles. The minimum absolute atomic E-state index is 0.395. The molecule has 0 aromatic carbocycles. The van der Waals surface area contributed by atoms with Crippen molar-refractivity contribution >= 4 is 10.0 Å². The zero-order valence-electron chi connectivity index (χ0n) is 10.4. The van der Waals surface area contributed by atoms with Gasteiger partial charge in [0.05, 0.1) is 0 Å². The van der Waals surface area contributed by atoms with Crippen molar-refractivity contribution in [3.8, 4) is 0 Å². The Labute approximate surface area is 108 Å². The van der Waals surface area contributed by atoms with Gasteiger partial charge in [-0.2, -0.15) is 4.31 Å². The average Bonchev–Trinajstić information content (AvgIpc) is 2.91. The SMILES string of the molecule is NCc1cc(S(=O)(=O)N2CCCC2)cn1C1CC1. The van der Waals surface area contributed by atoms with Crippen LogP contribution in [0, 0.1) is 0 Å². The van der Waals surface area contributed by atoms with E-state index in [0.29, 0.717) is 30.6 Å². The molecule has 0 atom stereocenters. The predicted molar refractivity (Wildman–Crippen MR) is 68.6 cm³/mol. The van der Waals surface area contributed by atoms with Gasteiger partial charge in [0.25, 0.3) is 0 Å². The normalized spacial score (nSPS) is 21.6. The van der Waals surface area contributed by atoms with Gasteiger partial charge in [-0.1, -0.05) is 0 Å². The van der Waals surface area contributed by atoms with Gasteiger partial charge in [0.2, 0.25) is 10.0 Å². The second-order valence-electron chi connectivity index (χ2n) is 5.12. The fourth-order valence-electron chi connectivity index (χ4n) is 2.57. The lowest BCUT2D eigenvalue weighted by Crippen LogP contribution is -2.27. The van der Waals surface area contributed by atoms with E-state index >= 15 is 0 Å². The summed E-state index contributed by atoms with van der Waals surface area (Å²) in [5.74, 6) is 0.